The van der Waals surface area contributed by atoms with Gasteiger partial charge in [0.15, 0.2) is 0 Å². The maximum absolute atomic E-state index is 5.30. The summed E-state index contributed by atoms with van der Waals surface area (Å²) in [7, 11) is 1.70. The third kappa shape index (κ3) is 3.41. The van der Waals surface area contributed by atoms with Gasteiger partial charge in [0, 0.05) is 0 Å². The number of aryl methyl sites for hydroxylation is 1. The van der Waals surface area contributed by atoms with E-state index in [2.05, 4.69) is 80.6 Å². The average Bonchev–Trinajstić information content (AvgIpc) is 2.64. The molecule has 0 fully saturated rings. The van der Waals surface area contributed by atoms with Gasteiger partial charge in [-0.25, -0.2) is 0 Å². The predicted octanol–water partition coefficient (Wildman–Crippen LogP) is 5.98. The summed E-state index contributed by atoms with van der Waals surface area (Å²) >= 11 is 0. The fourth-order valence-electron chi connectivity index (χ4n) is 2.91. The van der Waals surface area contributed by atoms with Gasteiger partial charge in [0.25, 0.3) is 0 Å². The predicted molar refractivity (Wildman–Crippen MR) is 102 cm³/mol. The van der Waals surface area contributed by atoms with E-state index in [1.807, 2.05) is 12.1 Å². The van der Waals surface area contributed by atoms with Gasteiger partial charge in [-0.2, -0.15) is 0 Å². The highest BCUT2D eigenvalue weighted by Crippen LogP contribution is 2.33. The van der Waals surface area contributed by atoms with Crippen LogP contribution in [0.25, 0.3) is 11.1 Å². The van der Waals surface area contributed by atoms with Crippen molar-refractivity contribution in [1.82, 2.24) is 0 Å². The number of rotatable bonds is 4. The molecule has 0 aliphatic heterocycles. The standard InChI is InChI=1S/C23H22O/c1-17-9-11-20(12-10-17)23(18(2)19-7-5-4-6-8-19)21-13-15-22(24-3)16-14-21/h4-16H,1-3H3/b23-18+. The van der Waals surface area contributed by atoms with Crippen molar-refractivity contribution in [2.75, 3.05) is 7.11 Å². The summed E-state index contributed by atoms with van der Waals surface area (Å²) in [5.41, 5.74) is 7.45. The molecule has 0 aliphatic carbocycles. The Morgan fingerprint density at radius 1 is 0.667 bits per heavy atom. The summed E-state index contributed by atoms with van der Waals surface area (Å²) in [6.45, 7) is 4.30. The number of benzene rings is 3. The van der Waals surface area contributed by atoms with Crippen LogP contribution in [0.1, 0.15) is 29.2 Å². The summed E-state index contributed by atoms with van der Waals surface area (Å²) < 4.78 is 5.30. The second-order valence-corrected chi connectivity index (χ2v) is 5.96. The number of methoxy groups -OCH3 is 1. The van der Waals surface area contributed by atoms with Gasteiger partial charge in [-0.3, -0.25) is 0 Å². The fraction of sp³-hybridized carbons (Fsp3) is 0.130. The van der Waals surface area contributed by atoms with Gasteiger partial charge in [0.2, 0.25) is 0 Å². The second kappa shape index (κ2) is 7.18. The normalized spacial score (nSPS) is 11.8. The third-order valence-corrected chi connectivity index (χ3v) is 4.30. The van der Waals surface area contributed by atoms with Crippen molar-refractivity contribution < 1.29 is 4.74 Å². The summed E-state index contributed by atoms with van der Waals surface area (Å²) in [5, 5.41) is 0. The van der Waals surface area contributed by atoms with Crippen LogP contribution in [-0.4, -0.2) is 7.11 Å². The number of hydrogen-bond acceptors (Lipinski definition) is 1. The molecule has 0 spiro atoms. The van der Waals surface area contributed by atoms with E-state index in [0.717, 1.165) is 5.75 Å². The lowest BCUT2D eigenvalue weighted by Gasteiger charge is -2.15. The maximum Gasteiger partial charge on any atom is 0.118 e. The van der Waals surface area contributed by atoms with Crippen LogP contribution in [0.2, 0.25) is 0 Å². The van der Waals surface area contributed by atoms with E-state index < -0.39 is 0 Å². The topological polar surface area (TPSA) is 9.23 Å². The Labute approximate surface area is 144 Å². The zero-order valence-corrected chi connectivity index (χ0v) is 14.4. The van der Waals surface area contributed by atoms with Crippen molar-refractivity contribution in [3.05, 3.63) is 101 Å². The van der Waals surface area contributed by atoms with E-state index in [4.69, 9.17) is 4.74 Å². The Morgan fingerprint density at radius 2 is 1.21 bits per heavy atom. The zero-order valence-electron chi connectivity index (χ0n) is 14.4. The molecule has 0 bridgehead atoms. The first kappa shape index (κ1) is 16.1. The molecule has 1 heteroatoms. The van der Waals surface area contributed by atoms with Crippen LogP contribution in [-0.2, 0) is 0 Å². The first-order valence-corrected chi connectivity index (χ1v) is 8.17. The molecule has 0 saturated carbocycles. The summed E-state index contributed by atoms with van der Waals surface area (Å²) in [6, 6.07) is 27.5. The van der Waals surface area contributed by atoms with Crippen molar-refractivity contribution in [2.24, 2.45) is 0 Å². The highest BCUT2D eigenvalue weighted by molar-refractivity contribution is 5.97. The maximum atomic E-state index is 5.30. The van der Waals surface area contributed by atoms with Crippen LogP contribution < -0.4 is 4.74 Å². The van der Waals surface area contributed by atoms with Crippen LogP contribution in [0.3, 0.4) is 0 Å². The van der Waals surface area contributed by atoms with Gasteiger partial charge in [0.1, 0.15) is 5.75 Å². The Morgan fingerprint density at radius 3 is 1.75 bits per heavy atom. The van der Waals surface area contributed by atoms with Crippen molar-refractivity contribution in [3.8, 4) is 5.75 Å². The van der Waals surface area contributed by atoms with Crippen molar-refractivity contribution >= 4 is 11.1 Å². The summed E-state index contributed by atoms with van der Waals surface area (Å²) in [6.07, 6.45) is 0. The van der Waals surface area contributed by atoms with Crippen LogP contribution in [0, 0.1) is 6.92 Å². The zero-order chi connectivity index (χ0) is 16.9. The highest BCUT2D eigenvalue weighted by Gasteiger charge is 2.11. The molecule has 0 radical (unpaired) electrons. The lowest BCUT2D eigenvalue weighted by Crippen LogP contribution is -1.93. The number of hydrogen-bond donors (Lipinski definition) is 0. The Hall–Kier alpha value is -2.80. The highest BCUT2D eigenvalue weighted by atomic mass is 16.5. The minimum Gasteiger partial charge on any atom is -0.497 e. The minimum atomic E-state index is 0.874. The lowest BCUT2D eigenvalue weighted by atomic mass is 9.90. The summed E-state index contributed by atoms with van der Waals surface area (Å²) in [4.78, 5) is 0. The monoisotopic (exact) mass is 314 g/mol. The molecule has 0 atom stereocenters. The molecule has 0 amide bonds. The molecule has 1 nitrogen and oxygen atoms in total. The van der Waals surface area contributed by atoms with Gasteiger partial charge >= 0.3 is 0 Å². The Balaban J connectivity index is 2.18. The number of ether oxygens (including phenoxy) is 1. The molecule has 3 rings (SSSR count). The molecule has 0 heterocycles. The molecule has 3 aromatic rings. The van der Waals surface area contributed by atoms with E-state index >= 15 is 0 Å². The minimum absolute atomic E-state index is 0.874. The van der Waals surface area contributed by atoms with Crippen LogP contribution in [0.5, 0.6) is 5.75 Å². The van der Waals surface area contributed by atoms with E-state index in [9.17, 15) is 0 Å². The van der Waals surface area contributed by atoms with E-state index in [1.165, 1.54) is 33.4 Å². The summed E-state index contributed by atoms with van der Waals surface area (Å²) in [5.74, 6) is 0.874. The van der Waals surface area contributed by atoms with Gasteiger partial charge in [-0.05, 0) is 53.8 Å². The number of allylic oxidation sites excluding steroid dienone is 1. The van der Waals surface area contributed by atoms with Crippen LogP contribution in [0.4, 0.5) is 0 Å². The molecule has 24 heavy (non-hydrogen) atoms. The van der Waals surface area contributed by atoms with Gasteiger partial charge in [-0.15, -0.1) is 0 Å². The largest absolute Gasteiger partial charge is 0.497 e. The SMILES string of the molecule is COc1ccc(/C(=C(\C)c2ccccc2)c2ccc(C)cc2)cc1. The molecular weight excluding hydrogens is 292 g/mol. The van der Waals surface area contributed by atoms with Gasteiger partial charge in [-0.1, -0.05) is 72.3 Å². The van der Waals surface area contributed by atoms with E-state index in [0.29, 0.717) is 0 Å². The van der Waals surface area contributed by atoms with Crippen LogP contribution >= 0.6 is 0 Å². The Kier molecular flexibility index (Phi) is 4.81. The molecule has 120 valence electrons. The molecule has 0 unspecified atom stereocenters. The van der Waals surface area contributed by atoms with Gasteiger partial charge in [0.05, 0.1) is 7.11 Å². The molecule has 0 saturated heterocycles. The quantitative estimate of drug-likeness (QED) is 0.538. The van der Waals surface area contributed by atoms with Gasteiger partial charge < -0.3 is 4.74 Å². The van der Waals surface area contributed by atoms with Crippen molar-refractivity contribution in [1.29, 1.82) is 0 Å². The fourth-order valence-corrected chi connectivity index (χ4v) is 2.91. The molecular formula is C23H22O. The first-order valence-electron chi connectivity index (χ1n) is 8.17. The van der Waals surface area contributed by atoms with Crippen LogP contribution in [0.15, 0.2) is 78.9 Å². The molecule has 3 aromatic carbocycles. The van der Waals surface area contributed by atoms with E-state index in [1.54, 1.807) is 7.11 Å². The molecule has 0 aromatic heterocycles. The smallest absolute Gasteiger partial charge is 0.118 e. The van der Waals surface area contributed by atoms with Crippen molar-refractivity contribution in [2.45, 2.75) is 13.8 Å². The second-order valence-electron chi connectivity index (χ2n) is 5.96. The Bertz CT molecular complexity index is 825. The molecule has 0 aliphatic rings. The van der Waals surface area contributed by atoms with E-state index in [-0.39, 0.29) is 0 Å². The average molecular weight is 314 g/mol. The third-order valence-electron chi connectivity index (χ3n) is 4.30. The molecule has 0 N–H and O–H groups in total. The van der Waals surface area contributed by atoms with Crippen molar-refractivity contribution in [3.63, 3.8) is 0 Å². The lowest BCUT2D eigenvalue weighted by molar-refractivity contribution is 0.415. The first-order chi connectivity index (χ1) is 11.7.